The molecule has 0 saturated heterocycles. The largest absolute Gasteiger partial charge is 0.489 e. The van der Waals surface area contributed by atoms with E-state index in [2.05, 4.69) is 16.5 Å². The van der Waals surface area contributed by atoms with Crippen molar-refractivity contribution in [1.82, 2.24) is 9.97 Å². The molecule has 0 saturated carbocycles. The van der Waals surface area contributed by atoms with Gasteiger partial charge in [-0.05, 0) is 6.07 Å². The normalized spacial score (nSPS) is 9.88. The van der Waals surface area contributed by atoms with Crippen LogP contribution in [-0.4, -0.2) is 16.6 Å². The number of rotatable bonds is 5. The standard InChI is InChI=1S/C14H14N2O/c1-2-9-17-14-6-4-3-5-12(14)10-13-11-15-7-8-16-13/h2-8,11H,1,9-10H2. The van der Waals surface area contributed by atoms with E-state index in [0.29, 0.717) is 6.61 Å². The third kappa shape index (κ3) is 3.14. The van der Waals surface area contributed by atoms with Gasteiger partial charge in [-0.1, -0.05) is 30.9 Å². The van der Waals surface area contributed by atoms with Crippen molar-refractivity contribution in [2.45, 2.75) is 6.42 Å². The third-order valence-electron chi connectivity index (χ3n) is 2.32. The van der Waals surface area contributed by atoms with Gasteiger partial charge in [-0.2, -0.15) is 0 Å². The van der Waals surface area contributed by atoms with Crippen molar-refractivity contribution in [3.8, 4) is 5.75 Å². The van der Waals surface area contributed by atoms with Crippen molar-refractivity contribution in [3.63, 3.8) is 0 Å². The van der Waals surface area contributed by atoms with E-state index in [4.69, 9.17) is 4.74 Å². The molecule has 1 aromatic carbocycles. The molecule has 0 aliphatic heterocycles. The van der Waals surface area contributed by atoms with E-state index >= 15 is 0 Å². The summed E-state index contributed by atoms with van der Waals surface area (Å²) < 4.78 is 5.59. The predicted octanol–water partition coefficient (Wildman–Crippen LogP) is 2.63. The number of ether oxygens (including phenoxy) is 1. The highest BCUT2D eigenvalue weighted by atomic mass is 16.5. The molecule has 3 nitrogen and oxygen atoms in total. The lowest BCUT2D eigenvalue weighted by Gasteiger charge is -2.09. The molecule has 1 heterocycles. The van der Waals surface area contributed by atoms with Gasteiger partial charge in [0.1, 0.15) is 12.4 Å². The molecule has 2 aromatic rings. The third-order valence-corrected chi connectivity index (χ3v) is 2.32. The molecule has 3 heteroatoms. The van der Waals surface area contributed by atoms with Crippen molar-refractivity contribution in [2.24, 2.45) is 0 Å². The van der Waals surface area contributed by atoms with Crippen LogP contribution in [0.1, 0.15) is 11.3 Å². The second-order valence-corrected chi connectivity index (χ2v) is 3.58. The summed E-state index contributed by atoms with van der Waals surface area (Å²) in [5.74, 6) is 0.873. The summed E-state index contributed by atoms with van der Waals surface area (Å²) in [6, 6.07) is 7.94. The molecule has 0 aliphatic carbocycles. The number of nitrogens with zero attached hydrogens (tertiary/aromatic N) is 2. The van der Waals surface area contributed by atoms with Crippen LogP contribution in [0.2, 0.25) is 0 Å². The molecular weight excluding hydrogens is 212 g/mol. The van der Waals surface area contributed by atoms with Crippen LogP contribution >= 0.6 is 0 Å². The van der Waals surface area contributed by atoms with Gasteiger partial charge in [0.05, 0.1) is 5.69 Å². The molecule has 86 valence electrons. The minimum absolute atomic E-state index is 0.511. The van der Waals surface area contributed by atoms with Gasteiger partial charge < -0.3 is 4.74 Å². The molecule has 0 radical (unpaired) electrons. The maximum atomic E-state index is 5.59. The Balaban J connectivity index is 2.17. The quantitative estimate of drug-likeness (QED) is 0.735. The van der Waals surface area contributed by atoms with Gasteiger partial charge in [-0.15, -0.1) is 0 Å². The number of para-hydroxylation sites is 1. The van der Waals surface area contributed by atoms with Gasteiger partial charge >= 0.3 is 0 Å². The minimum atomic E-state index is 0.511. The van der Waals surface area contributed by atoms with Gasteiger partial charge in [0, 0.05) is 30.6 Å². The lowest BCUT2D eigenvalue weighted by Crippen LogP contribution is -1.99. The molecule has 0 unspecified atom stereocenters. The van der Waals surface area contributed by atoms with Crippen molar-refractivity contribution in [1.29, 1.82) is 0 Å². The van der Waals surface area contributed by atoms with Crippen LogP contribution in [0.3, 0.4) is 0 Å². The average Bonchev–Trinajstić information content (AvgIpc) is 2.39. The zero-order chi connectivity index (χ0) is 11.9. The number of benzene rings is 1. The Labute approximate surface area is 101 Å². The summed E-state index contributed by atoms with van der Waals surface area (Å²) in [7, 11) is 0. The smallest absolute Gasteiger partial charge is 0.123 e. The first-order valence-corrected chi connectivity index (χ1v) is 5.46. The van der Waals surface area contributed by atoms with Crippen molar-refractivity contribution < 1.29 is 4.74 Å². The van der Waals surface area contributed by atoms with E-state index in [-0.39, 0.29) is 0 Å². The molecule has 17 heavy (non-hydrogen) atoms. The number of aromatic nitrogens is 2. The summed E-state index contributed by atoms with van der Waals surface area (Å²) in [5, 5.41) is 0. The summed E-state index contributed by atoms with van der Waals surface area (Å²) in [4.78, 5) is 8.31. The fourth-order valence-electron chi connectivity index (χ4n) is 1.56. The van der Waals surface area contributed by atoms with Crippen LogP contribution in [0.4, 0.5) is 0 Å². The van der Waals surface area contributed by atoms with Crippen LogP contribution < -0.4 is 4.74 Å². The molecule has 0 atom stereocenters. The molecule has 0 N–H and O–H groups in total. The topological polar surface area (TPSA) is 35.0 Å². The van der Waals surface area contributed by atoms with Crippen molar-refractivity contribution in [3.05, 3.63) is 66.8 Å². The van der Waals surface area contributed by atoms with E-state index in [1.807, 2.05) is 24.3 Å². The Morgan fingerprint density at radius 1 is 1.24 bits per heavy atom. The van der Waals surface area contributed by atoms with Crippen LogP contribution in [0, 0.1) is 0 Å². The monoisotopic (exact) mass is 226 g/mol. The van der Waals surface area contributed by atoms with Crippen molar-refractivity contribution in [2.75, 3.05) is 6.61 Å². The zero-order valence-electron chi connectivity index (χ0n) is 9.54. The Kier molecular flexibility index (Phi) is 3.86. The highest BCUT2D eigenvalue weighted by Crippen LogP contribution is 2.20. The molecule has 0 spiro atoms. The van der Waals surface area contributed by atoms with Gasteiger partial charge in [-0.25, -0.2) is 0 Å². The maximum Gasteiger partial charge on any atom is 0.123 e. The van der Waals surface area contributed by atoms with Crippen LogP contribution in [0.5, 0.6) is 5.75 Å². The molecular formula is C14H14N2O. The highest BCUT2D eigenvalue weighted by Gasteiger charge is 2.04. The lowest BCUT2D eigenvalue weighted by molar-refractivity contribution is 0.359. The fraction of sp³-hybridized carbons (Fsp3) is 0.143. The minimum Gasteiger partial charge on any atom is -0.489 e. The van der Waals surface area contributed by atoms with Gasteiger partial charge in [0.25, 0.3) is 0 Å². The molecule has 1 aromatic heterocycles. The molecule has 0 amide bonds. The van der Waals surface area contributed by atoms with Gasteiger partial charge in [0.15, 0.2) is 0 Å². The van der Waals surface area contributed by atoms with Gasteiger partial charge in [-0.3, -0.25) is 9.97 Å². The Hall–Kier alpha value is -2.16. The summed E-state index contributed by atoms with van der Waals surface area (Å²) in [6.07, 6.45) is 7.59. The van der Waals surface area contributed by atoms with E-state index in [1.54, 1.807) is 24.7 Å². The fourth-order valence-corrected chi connectivity index (χ4v) is 1.56. The Morgan fingerprint density at radius 3 is 2.88 bits per heavy atom. The van der Waals surface area contributed by atoms with E-state index in [0.717, 1.165) is 23.4 Å². The molecule has 0 aliphatic rings. The maximum absolute atomic E-state index is 5.59. The van der Waals surface area contributed by atoms with Crippen LogP contribution in [0.15, 0.2) is 55.5 Å². The summed E-state index contributed by atoms with van der Waals surface area (Å²) >= 11 is 0. The predicted molar refractivity (Wildman–Crippen MR) is 67.0 cm³/mol. The Bertz CT molecular complexity index is 483. The van der Waals surface area contributed by atoms with E-state index < -0.39 is 0 Å². The van der Waals surface area contributed by atoms with Gasteiger partial charge in [0.2, 0.25) is 0 Å². The second kappa shape index (κ2) is 5.80. The first-order chi connectivity index (χ1) is 8.40. The van der Waals surface area contributed by atoms with E-state index in [1.165, 1.54) is 0 Å². The number of hydrogen-bond acceptors (Lipinski definition) is 3. The van der Waals surface area contributed by atoms with Crippen LogP contribution in [0.25, 0.3) is 0 Å². The highest BCUT2D eigenvalue weighted by molar-refractivity contribution is 5.35. The molecule has 0 bridgehead atoms. The molecule has 0 fully saturated rings. The van der Waals surface area contributed by atoms with E-state index in [9.17, 15) is 0 Å². The second-order valence-electron chi connectivity index (χ2n) is 3.58. The zero-order valence-corrected chi connectivity index (χ0v) is 9.54. The summed E-state index contributed by atoms with van der Waals surface area (Å²) in [6.45, 7) is 4.15. The SMILES string of the molecule is C=CCOc1ccccc1Cc1cnccn1. The lowest BCUT2D eigenvalue weighted by atomic mass is 10.1. The van der Waals surface area contributed by atoms with Crippen molar-refractivity contribution >= 4 is 0 Å². The summed E-state index contributed by atoms with van der Waals surface area (Å²) in [5.41, 5.74) is 2.04. The van der Waals surface area contributed by atoms with Crippen LogP contribution in [-0.2, 0) is 6.42 Å². The number of hydrogen-bond donors (Lipinski definition) is 0. The molecule has 2 rings (SSSR count). The first-order valence-electron chi connectivity index (χ1n) is 5.46. The Morgan fingerprint density at radius 2 is 2.12 bits per heavy atom. The average molecular weight is 226 g/mol. The first kappa shape index (κ1) is 11.3.